The summed E-state index contributed by atoms with van der Waals surface area (Å²) in [6.07, 6.45) is 5.84. The van der Waals surface area contributed by atoms with E-state index in [1.165, 1.54) is 6.08 Å². The topological polar surface area (TPSA) is 89.2 Å². The van der Waals surface area contributed by atoms with Crippen LogP contribution in [0.25, 0.3) is 6.08 Å². The summed E-state index contributed by atoms with van der Waals surface area (Å²) in [5.41, 5.74) is 2.61. The Balaban J connectivity index is 1.68. The zero-order valence-electron chi connectivity index (χ0n) is 14.3. The summed E-state index contributed by atoms with van der Waals surface area (Å²) in [5.74, 6) is -0.284. The standard InChI is InChI=1S/C20H20N4O2/c21-14-15-13-17(4-6-19(15)24-11-8-18(25)9-12-24)23-20(26)7-5-16-3-1-2-10-22-16/h1-7,10,13,18,25H,8-9,11-12H2,(H,23,26)/b7-5+. The minimum Gasteiger partial charge on any atom is -0.393 e. The Morgan fingerprint density at radius 3 is 2.81 bits per heavy atom. The summed E-state index contributed by atoms with van der Waals surface area (Å²) >= 11 is 0. The van der Waals surface area contributed by atoms with Gasteiger partial charge >= 0.3 is 0 Å². The highest BCUT2D eigenvalue weighted by atomic mass is 16.3. The van der Waals surface area contributed by atoms with Gasteiger partial charge in [0.1, 0.15) is 6.07 Å². The van der Waals surface area contributed by atoms with E-state index in [0.29, 0.717) is 42.9 Å². The van der Waals surface area contributed by atoms with E-state index in [4.69, 9.17) is 0 Å². The zero-order valence-corrected chi connectivity index (χ0v) is 14.3. The van der Waals surface area contributed by atoms with E-state index in [1.807, 2.05) is 24.3 Å². The van der Waals surface area contributed by atoms with Crippen molar-refractivity contribution >= 4 is 23.4 Å². The molecule has 6 nitrogen and oxygen atoms in total. The summed E-state index contributed by atoms with van der Waals surface area (Å²) in [7, 11) is 0. The Morgan fingerprint density at radius 2 is 2.12 bits per heavy atom. The lowest BCUT2D eigenvalue weighted by Gasteiger charge is -2.32. The van der Waals surface area contributed by atoms with Crippen LogP contribution in [-0.2, 0) is 4.79 Å². The summed E-state index contributed by atoms with van der Waals surface area (Å²) in [6, 6.07) is 13.0. The van der Waals surface area contributed by atoms with E-state index < -0.39 is 0 Å². The average Bonchev–Trinajstić information content (AvgIpc) is 2.68. The SMILES string of the molecule is N#Cc1cc(NC(=O)/C=C/c2ccccn2)ccc1N1CCC(O)CC1. The normalized spacial score (nSPS) is 15.0. The molecule has 0 bridgehead atoms. The number of benzene rings is 1. The summed E-state index contributed by atoms with van der Waals surface area (Å²) in [6.45, 7) is 1.43. The molecule has 1 aliphatic heterocycles. The highest BCUT2D eigenvalue weighted by Crippen LogP contribution is 2.26. The molecule has 0 spiro atoms. The summed E-state index contributed by atoms with van der Waals surface area (Å²) in [5, 5.41) is 21.8. The largest absolute Gasteiger partial charge is 0.393 e. The second-order valence-electron chi connectivity index (χ2n) is 6.14. The van der Waals surface area contributed by atoms with Gasteiger partial charge in [0.2, 0.25) is 5.91 Å². The van der Waals surface area contributed by atoms with Crippen molar-refractivity contribution in [3.63, 3.8) is 0 Å². The minimum atomic E-state index is -0.284. The number of hydrogen-bond acceptors (Lipinski definition) is 5. The second-order valence-corrected chi connectivity index (χ2v) is 6.14. The number of amides is 1. The number of nitriles is 1. The van der Waals surface area contributed by atoms with Crippen LogP contribution >= 0.6 is 0 Å². The molecule has 0 unspecified atom stereocenters. The Labute approximate surface area is 152 Å². The van der Waals surface area contributed by atoms with Crippen LogP contribution in [0.15, 0.2) is 48.7 Å². The summed E-state index contributed by atoms with van der Waals surface area (Å²) < 4.78 is 0. The highest BCUT2D eigenvalue weighted by molar-refractivity contribution is 6.02. The number of nitrogens with zero attached hydrogens (tertiary/aromatic N) is 3. The first-order chi connectivity index (χ1) is 12.7. The predicted octanol–water partition coefficient (Wildman–Crippen LogP) is 2.57. The quantitative estimate of drug-likeness (QED) is 0.829. The van der Waals surface area contributed by atoms with E-state index >= 15 is 0 Å². The molecular formula is C20H20N4O2. The van der Waals surface area contributed by atoms with Gasteiger partial charge in [0.05, 0.1) is 23.0 Å². The predicted molar refractivity (Wildman–Crippen MR) is 101 cm³/mol. The van der Waals surface area contributed by atoms with Gasteiger partial charge in [0.15, 0.2) is 0 Å². The maximum absolute atomic E-state index is 12.1. The van der Waals surface area contributed by atoms with Crippen LogP contribution in [0.5, 0.6) is 0 Å². The van der Waals surface area contributed by atoms with Crippen molar-refractivity contribution < 1.29 is 9.90 Å². The molecule has 0 atom stereocenters. The van der Waals surface area contributed by atoms with E-state index in [1.54, 1.807) is 24.4 Å². The lowest BCUT2D eigenvalue weighted by molar-refractivity contribution is -0.111. The Bertz CT molecular complexity index is 835. The maximum atomic E-state index is 12.1. The molecular weight excluding hydrogens is 328 g/mol. The van der Waals surface area contributed by atoms with Crippen molar-refractivity contribution in [2.45, 2.75) is 18.9 Å². The van der Waals surface area contributed by atoms with Crippen LogP contribution in [-0.4, -0.2) is 35.2 Å². The van der Waals surface area contributed by atoms with E-state index in [0.717, 1.165) is 5.69 Å². The third-order valence-electron chi connectivity index (χ3n) is 4.28. The fraction of sp³-hybridized carbons (Fsp3) is 0.250. The van der Waals surface area contributed by atoms with Crippen molar-refractivity contribution in [3.05, 3.63) is 59.9 Å². The van der Waals surface area contributed by atoms with Gasteiger partial charge in [0, 0.05) is 31.0 Å². The minimum absolute atomic E-state index is 0.263. The zero-order chi connectivity index (χ0) is 18.4. The number of rotatable bonds is 4. The number of aromatic nitrogens is 1. The number of carbonyl (C=O) groups excluding carboxylic acids is 1. The van der Waals surface area contributed by atoms with Gasteiger partial charge in [-0.05, 0) is 49.2 Å². The lowest BCUT2D eigenvalue weighted by atomic mass is 10.0. The van der Waals surface area contributed by atoms with Gasteiger partial charge in [-0.1, -0.05) is 6.07 Å². The molecule has 1 aromatic heterocycles. The molecule has 2 aromatic rings. The molecule has 1 aromatic carbocycles. The monoisotopic (exact) mass is 348 g/mol. The van der Waals surface area contributed by atoms with Crippen molar-refractivity contribution in [2.24, 2.45) is 0 Å². The fourth-order valence-electron chi connectivity index (χ4n) is 2.91. The van der Waals surface area contributed by atoms with Gasteiger partial charge in [-0.2, -0.15) is 5.26 Å². The number of hydrogen-bond donors (Lipinski definition) is 2. The fourth-order valence-corrected chi connectivity index (χ4v) is 2.91. The maximum Gasteiger partial charge on any atom is 0.248 e. The van der Waals surface area contributed by atoms with Crippen LogP contribution in [0.2, 0.25) is 0 Å². The molecule has 0 radical (unpaired) electrons. The first kappa shape index (κ1) is 17.6. The highest BCUT2D eigenvalue weighted by Gasteiger charge is 2.19. The van der Waals surface area contributed by atoms with Gasteiger partial charge in [-0.3, -0.25) is 9.78 Å². The van der Waals surface area contributed by atoms with Crippen LogP contribution in [0.4, 0.5) is 11.4 Å². The van der Waals surface area contributed by atoms with Crippen LogP contribution < -0.4 is 10.2 Å². The second kappa shape index (κ2) is 8.28. The first-order valence-corrected chi connectivity index (χ1v) is 8.53. The Hall–Kier alpha value is -3.17. The van der Waals surface area contributed by atoms with Gasteiger partial charge in [-0.15, -0.1) is 0 Å². The number of nitrogens with one attached hydrogen (secondary N) is 1. The molecule has 132 valence electrons. The molecule has 26 heavy (non-hydrogen) atoms. The smallest absolute Gasteiger partial charge is 0.248 e. The first-order valence-electron chi connectivity index (χ1n) is 8.53. The number of piperidine rings is 1. The molecule has 0 aliphatic carbocycles. The van der Waals surface area contributed by atoms with Crippen LogP contribution in [0.1, 0.15) is 24.1 Å². The molecule has 2 N–H and O–H groups in total. The lowest BCUT2D eigenvalue weighted by Crippen LogP contribution is -2.36. The van der Waals surface area contributed by atoms with Crippen LogP contribution in [0.3, 0.4) is 0 Å². The number of carbonyl (C=O) groups is 1. The molecule has 3 rings (SSSR count). The number of aliphatic hydroxyl groups excluding tert-OH is 1. The average molecular weight is 348 g/mol. The third-order valence-corrected chi connectivity index (χ3v) is 4.28. The number of anilines is 2. The van der Waals surface area contributed by atoms with Crippen molar-refractivity contribution in [3.8, 4) is 6.07 Å². The molecule has 6 heteroatoms. The molecule has 1 amide bonds. The molecule has 1 aliphatic rings. The number of pyridine rings is 1. The summed E-state index contributed by atoms with van der Waals surface area (Å²) in [4.78, 5) is 18.3. The molecule has 1 fully saturated rings. The third kappa shape index (κ3) is 4.47. The van der Waals surface area contributed by atoms with Crippen molar-refractivity contribution in [2.75, 3.05) is 23.3 Å². The van der Waals surface area contributed by atoms with Crippen molar-refractivity contribution in [1.82, 2.24) is 4.98 Å². The number of aliphatic hydroxyl groups is 1. The van der Waals surface area contributed by atoms with Gasteiger partial charge in [-0.25, -0.2) is 0 Å². The van der Waals surface area contributed by atoms with Crippen LogP contribution in [0, 0.1) is 11.3 Å². The van der Waals surface area contributed by atoms with E-state index in [9.17, 15) is 15.2 Å². The molecule has 0 saturated carbocycles. The van der Waals surface area contributed by atoms with Crippen molar-refractivity contribution in [1.29, 1.82) is 5.26 Å². The van der Waals surface area contributed by atoms with Gasteiger partial charge < -0.3 is 15.3 Å². The molecule has 2 heterocycles. The van der Waals surface area contributed by atoms with E-state index in [2.05, 4.69) is 21.3 Å². The Kier molecular flexibility index (Phi) is 5.62. The molecule has 1 saturated heterocycles. The van der Waals surface area contributed by atoms with Gasteiger partial charge in [0.25, 0.3) is 0 Å². The Morgan fingerprint density at radius 1 is 1.31 bits per heavy atom. The van der Waals surface area contributed by atoms with E-state index in [-0.39, 0.29) is 12.0 Å².